The molecule has 0 fully saturated rings. The van der Waals surface area contributed by atoms with E-state index in [9.17, 15) is 4.79 Å². The highest BCUT2D eigenvalue weighted by Crippen LogP contribution is 1.98. The lowest BCUT2D eigenvalue weighted by molar-refractivity contribution is -0.128. The molecule has 1 N–H and O–H groups in total. The fourth-order valence-corrected chi connectivity index (χ4v) is 1.23. The molecule has 1 aromatic heterocycles. The zero-order valence-corrected chi connectivity index (χ0v) is 10.2. The van der Waals surface area contributed by atoms with Crippen LogP contribution in [0.4, 0.5) is 0 Å². The number of aryl methyl sites for hydroxylation is 1. The standard InChI is InChI=1S/C12H19N3O/c1-4-15(3)12(16)9-13-7-11-6-5-10(2)14-8-11/h5-6,8,13H,4,7,9H2,1-3H3. The fourth-order valence-electron chi connectivity index (χ4n) is 1.23. The molecule has 0 aliphatic rings. The molecular weight excluding hydrogens is 202 g/mol. The van der Waals surface area contributed by atoms with Crippen LogP contribution in [0.2, 0.25) is 0 Å². The Hall–Kier alpha value is -1.42. The summed E-state index contributed by atoms with van der Waals surface area (Å²) in [6.45, 7) is 5.71. The van der Waals surface area contributed by atoms with Crippen molar-refractivity contribution in [3.63, 3.8) is 0 Å². The molecule has 0 spiro atoms. The van der Waals surface area contributed by atoms with Gasteiger partial charge in [0, 0.05) is 32.0 Å². The van der Waals surface area contributed by atoms with Gasteiger partial charge in [-0.15, -0.1) is 0 Å². The maximum absolute atomic E-state index is 11.5. The summed E-state index contributed by atoms with van der Waals surface area (Å²) in [5, 5.41) is 3.10. The summed E-state index contributed by atoms with van der Waals surface area (Å²) in [5.41, 5.74) is 2.10. The van der Waals surface area contributed by atoms with Gasteiger partial charge >= 0.3 is 0 Å². The number of likely N-dealkylation sites (N-methyl/N-ethyl adjacent to an activating group) is 1. The predicted molar refractivity (Wildman–Crippen MR) is 64.0 cm³/mol. The van der Waals surface area contributed by atoms with Crippen LogP contribution in [-0.4, -0.2) is 35.9 Å². The first-order valence-corrected chi connectivity index (χ1v) is 5.49. The predicted octanol–water partition coefficient (Wildman–Crippen LogP) is 0.958. The molecule has 1 amide bonds. The Labute approximate surface area is 96.7 Å². The third-order valence-corrected chi connectivity index (χ3v) is 2.48. The van der Waals surface area contributed by atoms with E-state index in [0.717, 1.165) is 17.8 Å². The second-order valence-electron chi connectivity index (χ2n) is 3.82. The van der Waals surface area contributed by atoms with Crippen LogP contribution < -0.4 is 5.32 Å². The first-order valence-electron chi connectivity index (χ1n) is 5.49. The van der Waals surface area contributed by atoms with Crippen molar-refractivity contribution in [3.8, 4) is 0 Å². The Bertz CT molecular complexity index is 335. The van der Waals surface area contributed by atoms with Gasteiger partial charge in [0.25, 0.3) is 0 Å². The summed E-state index contributed by atoms with van der Waals surface area (Å²) in [4.78, 5) is 17.4. The molecule has 0 saturated carbocycles. The van der Waals surface area contributed by atoms with Crippen LogP contribution >= 0.6 is 0 Å². The lowest BCUT2D eigenvalue weighted by Crippen LogP contribution is -2.35. The van der Waals surface area contributed by atoms with E-state index in [4.69, 9.17) is 0 Å². The Morgan fingerprint density at radius 1 is 1.50 bits per heavy atom. The molecule has 88 valence electrons. The van der Waals surface area contributed by atoms with E-state index >= 15 is 0 Å². The number of carbonyl (C=O) groups is 1. The van der Waals surface area contributed by atoms with E-state index in [1.54, 1.807) is 11.9 Å². The monoisotopic (exact) mass is 221 g/mol. The van der Waals surface area contributed by atoms with Crippen LogP contribution in [0, 0.1) is 6.92 Å². The van der Waals surface area contributed by atoms with Gasteiger partial charge in [-0.05, 0) is 25.5 Å². The van der Waals surface area contributed by atoms with Crippen molar-refractivity contribution in [3.05, 3.63) is 29.6 Å². The third kappa shape index (κ3) is 3.98. The molecule has 0 radical (unpaired) electrons. The highest BCUT2D eigenvalue weighted by Gasteiger charge is 2.04. The van der Waals surface area contributed by atoms with E-state index < -0.39 is 0 Å². The molecule has 0 aromatic carbocycles. The van der Waals surface area contributed by atoms with Gasteiger partial charge in [0.2, 0.25) is 5.91 Å². The Balaban J connectivity index is 2.30. The smallest absolute Gasteiger partial charge is 0.236 e. The van der Waals surface area contributed by atoms with Crippen molar-refractivity contribution in [1.82, 2.24) is 15.2 Å². The minimum atomic E-state index is 0.113. The number of aromatic nitrogens is 1. The SMILES string of the molecule is CCN(C)C(=O)CNCc1ccc(C)nc1. The quantitative estimate of drug-likeness (QED) is 0.805. The van der Waals surface area contributed by atoms with Gasteiger partial charge in [0.15, 0.2) is 0 Å². The first-order chi connectivity index (χ1) is 7.63. The van der Waals surface area contributed by atoms with E-state index in [1.807, 2.05) is 32.2 Å². The number of hydrogen-bond donors (Lipinski definition) is 1. The maximum Gasteiger partial charge on any atom is 0.236 e. The summed E-state index contributed by atoms with van der Waals surface area (Å²) < 4.78 is 0. The molecule has 0 aliphatic heterocycles. The van der Waals surface area contributed by atoms with Crippen LogP contribution in [0.3, 0.4) is 0 Å². The van der Waals surface area contributed by atoms with Crippen molar-refractivity contribution in [2.45, 2.75) is 20.4 Å². The highest BCUT2D eigenvalue weighted by molar-refractivity contribution is 5.77. The molecule has 0 unspecified atom stereocenters. The second-order valence-corrected chi connectivity index (χ2v) is 3.82. The number of amides is 1. The summed E-state index contributed by atoms with van der Waals surface area (Å²) in [7, 11) is 1.80. The lowest BCUT2D eigenvalue weighted by Gasteiger charge is -2.14. The minimum Gasteiger partial charge on any atom is -0.345 e. The molecule has 0 saturated heterocycles. The molecule has 1 rings (SSSR count). The second kappa shape index (κ2) is 6.23. The van der Waals surface area contributed by atoms with Crippen LogP contribution in [0.25, 0.3) is 0 Å². The molecule has 0 atom stereocenters. The van der Waals surface area contributed by atoms with Crippen LogP contribution in [0.1, 0.15) is 18.2 Å². The van der Waals surface area contributed by atoms with Crippen LogP contribution in [-0.2, 0) is 11.3 Å². The van der Waals surface area contributed by atoms with E-state index in [1.165, 1.54) is 0 Å². The summed E-state index contributed by atoms with van der Waals surface area (Å²) in [6.07, 6.45) is 1.83. The summed E-state index contributed by atoms with van der Waals surface area (Å²) in [6, 6.07) is 3.99. The number of carbonyl (C=O) groups excluding carboxylic acids is 1. The van der Waals surface area contributed by atoms with Crippen molar-refractivity contribution >= 4 is 5.91 Å². The van der Waals surface area contributed by atoms with Gasteiger partial charge in [-0.2, -0.15) is 0 Å². The topological polar surface area (TPSA) is 45.2 Å². The number of nitrogens with zero attached hydrogens (tertiary/aromatic N) is 2. The zero-order chi connectivity index (χ0) is 12.0. The fraction of sp³-hybridized carbons (Fsp3) is 0.500. The Morgan fingerprint density at radius 3 is 2.81 bits per heavy atom. The Kier molecular flexibility index (Phi) is 4.92. The summed E-state index contributed by atoms with van der Waals surface area (Å²) >= 11 is 0. The molecule has 16 heavy (non-hydrogen) atoms. The maximum atomic E-state index is 11.5. The number of hydrogen-bond acceptors (Lipinski definition) is 3. The normalized spacial score (nSPS) is 10.2. The molecular formula is C12H19N3O. The van der Waals surface area contributed by atoms with Crippen molar-refractivity contribution in [1.29, 1.82) is 0 Å². The van der Waals surface area contributed by atoms with Gasteiger partial charge in [-0.25, -0.2) is 0 Å². The van der Waals surface area contributed by atoms with Gasteiger partial charge < -0.3 is 10.2 Å². The average molecular weight is 221 g/mol. The van der Waals surface area contributed by atoms with Gasteiger partial charge in [-0.1, -0.05) is 6.07 Å². The molecule has 1 aromatic rings. The van der Waals surface area contributed by atoms with Crippen molar-refractivity contribution in [2.24, 2.45) is 0 Å². The Morgan fingerprint density at radius 2 is 2.25 bits per heavy atom. The van der Waals surface area contributed by atoms with Gasteiger partial charge in [0.1, 0.15) is 0 Å². The van der Waals surface area contributed by atoms with E-state index in [2.05, 4.69) is 10.3 Å². The van der Waals surface area contributed by atoms with Gasteiger partial charge in [0.05, 0.1) is 6.54 Å². The first kappa shape index (κ1) is 12.6. The van der Waals surface area contributed by atoms with Gasteiger partial charge in [-0.3, -0.25) is 9.78 Å². The summed E-state index contributed by atoms with van der Waals surface area (Å²) in [5.74, 6) is 0.113. The molecule has 0 aliphatic carbocycles. The number of pyridine rings is 1. The number of nitrogens with one attached hydrogen (secondary N) is 1. The van der Waals surface area contributed by atoms with Crippen LogP contribution in [0.15, 0.2) is 18.3 Å². The highest BCUT2D eigenvalue weighted by atomic mass is 16.2. The largest absolute Gasteiger partial charge is 0.345 e. The van der Waals surface area contributed by atoms with Crippen LogP contribution in [0.5, 0.6) is 0 Å². The molecule has 4 heteroatoms. The molecule has 1 heterocycles. The minimum absolute atomic E-state index is 0.113. The van der Waals surface area contributed by atoms with Crippen molar-refractivity contribution < 1.29 is 4.79 Å². The third-order valence-electron chi connectivity index (χ3n) is 2.48. The molecule has 0 bridgehead atoms. The average Bonchev–Trinajstić information content (AvgIpc) is 2.30. The molecule has 4 nitrogen and oxygen atoms in total. The van der Waals surface area contributed by atoms with E-state index in [-0.39, 0.29) is 5.91 Å². The zero-order valence-electron chi connectivity index (χ0n) is 10.2. The number of rotatable bonds is 5. The van der Waals surface area contributed by atoms with E-state index in [0.29, 0.717) is 13.1 Å². The van der Waals surface area contributed by atoms with Crippen molar-refractivity contribution in [2.75, 3.05) is 20.1 Å². The lowest BCUT2D eigenvalue weighted by atomic mass is 10.2.